The first-order chi connectivity index (χ1) is 9.10. The maximum Gasteiger partial charge on any atom is 0.238 e. The van der Waals surface area contributed by atoms with E-state index in [1.807, 2.05) is 31.2 Å². The number of likely N-dealkylation sites (tertiary alicyclic amines) is 1. The molecule has 1 aliphatic rings. The van der Waals surface area contributed by atoms with E-state index in [4.69, 9.17) is 0 Å². The standard InChI is InChI=1S/C15H22N2O2/c1-11-3-5-13(6-4-11)16-15(19)9-17-8-7-12(2)14(17)10-18/h3-6,12,14,18H,7-10H2,1-2H3,(H,16,19). The Hall–Kier alpha value is -1.39. The van der Waals surface area contributed by atoms with Crippen LogP contribution >= 0.6 is 0 Å². The fourth-order valence-corrected chi connectivity index (χ4v) is 2.60. The first kappa shape index (κ1) is 14.0. The first-order valence-corrected chi connectivity index (χ1v) is 6.81. The van der Waals surface area contributed by atoms with Crippen LogP contribution in [0.25, 0.3) is 0 Å². The molecule has 0 radical (unpaired) electrons. The number of carbonyl (C=O) groups excluding carboxylic acids is 1. The molecule has 0 aliphatic carbocycles. The van der Waals surface area contributed by atoms with Crippen LogP contribution in [-0.4, -0.2) is 41.7 Å². The normalized spacial score (nSPS) is 23.5. The fourth-order valence-electron chi connectivity index (χ4n) is 2.60. The molecule has 1 amide bonds. The number of carbonyl (C=O) groups is 1. The predicted octanol–water partition coefficient (Wildman–Crippen LogP) is 1.64. The predicted molar refractivity (Wildman–Crippen MR) is 76.0 cm³/mol. The zero-order valence-corrected chi connectivity index (χ0v) is 11.6. The van der Waals surface area contributed by atoms with Crippen LogP contribution in [0.5, 0.6) is 0 Å². The highest BCUT2D eigenvalue weighted by Gasteiger charge is 2.31. The van der Waals surface area contributed by atoms with Crippen molar-refractivity contribution in [2.24, 2.45) is 5.92 Å². The van der Waals surface area contributed by atoms with Gasteiger partial charge in [0.25, 0.3) is 0 Å². The molecule has 1 aromatic rings. The van der Waals surface area contributed by atoms with E-state index in [1.54, 1.807) is 0 Å². The van der Waals surface area contributed by atoms with E-state index in [-0.39, 0.29) is 18.6 Å². The minimum Gasteiger partial charge on any atom is -0.395 e. The van der Waals surface area contributed by atoms with E-state index >= 15 is 0 Å². The number of amides is 1. The molecule has 0 aromatic heterocycles. The van der Waals surface area contributed by atoms with E-state index < -0.39 is 0 Å². The molecular weight excluding hydrogens is 240 g/mol. The molecule has 2 rings (SSSR count). The van der Waals surface area contributed by atoms with Crippen molar-refractivity contribution in [3.8, 4) is 0 Å². The van der Waals surface area contributed by atoms with Gasteiger partial charge in [-0.1, -0.05) is 24.6 Å². The lowest BCUT2D eigenvalue weighted by Gasteiger charge is -2.24. The van der Waals surface area contributed by atoms with E-state index in [1.165, 1.54) is 5.56 Å². The molecule has 2 unspecified atom stereocenters. The van der Waals surface area contributed by atoms with E-state index in [9.17, 15) is 9.90 Å². The molecule has 1 aromatic carbocycles. The van der Waals surface area contributed by atoms with Gasteiger partial charge in [0.05, 0.1) is 13.2 Å². The van der Waals surface area contributed by atoms with Crippen molar-refractivity contribution in [2.75, 3.05) is 25.0 Å². The number of anilines is 1. The van der Waals surface area contributed by atoms with Crippen molar-refractivity contribution < 1.29 is 9.90 Å². The molecule has 1 fully saturated rings. The third-order valence-corrected chi connectivity index (χ3v) is 3.87. The summed E-state index contributed by atoms with van der Waals surface area (Å²) in [7, 11) is 0. The Morgan fingerprint density at radius 2 is 2.11 bits per heavy atom. The van der Waals surface area contributed by atoms with Crippen molar-refractivity contribution in [2.45, 2.75) is 26.3 Å². The van der Waals surface area contributed by atoms with Gasteiger partial charge in [0.15, 0.2) is 0 Å². The molecule has 2 N–H and O–H groups in total. The first-order valence-electron chi connectivity index (χ1n) is 6.81. The number of nitrogens with one attached hydrogen (secondary N) is 1. The van der Waals surface area contributed by atoms with Gasteiger partial charge in [0.1, 0.15) is 0 Å². The molecule has 104 valence electrons. The molecule has 1 aliphatic heterocycles. The molecule has 4 nitrogen and oxygen atoms in total. The minimum absolute atomic E-state index is 0.0172. The second-order valence-electron chi connectivity index (χ2n) is 5.40. The van der Waals surface area contributed by atoms with Gasteiger partial charge >= 0.3 is 0 Å². The third-order valence-electron chi connectivity index (χ3n) is 3.87. The van der Waals surface area contributed by atoms with E-state index in [0.717, 1.165) is 18.7 Å². The summed E-state index contributed by atoms with van der Waals surface area (Å²) in [5.41, 5.74) is 2.00. The Morgan fingerprint density at radius 1 is 1.42 bits per heavy atom. The number of hydrogen-bond acceptors (Lipinski definition) is 3. The molecule has 19 heavy (non-hydrogen) atoms. The van der Waals surface area contributed by atoms with Crippen molar-refractivity contribution in [3.05, 3.63) is 29.8 Å². The third kappa shape index (κ3) is 3.55. The summed E-state index contributed by atoms with van der Waals surface area (Å²) in [6.45, 7) is 5.50. The highest BCUT2D eigenvalue weighted by atomic mass is 16.3. The van der Waals surface area contributed by atoms with Crippen LogP contribution in [-0.2, 0) is 4.79 Å². The summed E-state index contributed by atoms with van der Waals surface area (Å²) in [6, 6.07) is 7.88. The quantitative estimate of drug-likeness (QED) is 0.867. The average molecular weight is 262 g/mol. The molecule has 4 heteroatoms. The van der Waals surface area contributed by atoms with Crippen LogP contribution in [0.2, 0.25) is 0 Å². The zero-order chi connectivity index (χ0) is 13.8. The zero-order valence-electron chi connectivity index (χ0n) is 11.6. The van der Waals surface area contributed by atoms with Crippen LogP contribution in [0, 0.1) is 12.8 Å². The average Bonchev–Trinajstić information content (AvgIpc) is 2.72. The van der Waals surface area contributed by atoms with Gasteiger partial charge < -0.3 is 10.4 Å². The Labute approximate surface area is 114 Å². The maximum absolute atomic E-state index is 12.0. The SMILES string of the molecule is Cc1ccc(NC(=O)CN2CCC(C)C2CO)cc1. The molecule has 0 bridgehead atoms. The summed E-state index contributed by atoms with van der Waals surface area (Å²) < 4.78 is 0. The van der Waals surface area contributed by atoms with Gasteiger partial charge in [-0.3, -0.25) is 9.69 Å². The minimum atomic E-state index is -0.0172. The van der Waals surface area contributed by atoms with Crippen molar-refractivity contribution in [3.63, 3.8) is 0 Å². The van der Waals surface area contributed by atoms with Crippen LogP contribution in [0.4, 0.5) is 5.69 Å². The molecule has 0 spiro atoms. The maximum atomic E-state index is 12.0. The lowest BCUT2D eigenvalue weighted by Crippen LogP contribution is -2.40. The number of rotatable bonds is 4. The van der Waals surface area contributed by atoms with Crippen LogP contribution in [0.1, 0.15) is 18.9 Å². The Kier molecular flexibility index (Phi) is 4.56. The summed E-state index contributed by atoms with van der Waals surface area (Å²) >= 11 is 0. The lowest BCUT2D eigenvalue weighted by atomic mass is 10.0. The van der Waals surface area contributed by atoms with Crippen LogP contribution in [0.3, 0.4) is 0 Å². The van der Waals surface area contributed by atoms with Crippen molar-refractivity contribution >= 4 is 11.6 Å². The molecule has 1 heterocycles. The summed E-state index contributed by atoms with van der Waals surface area (Å²) in [6.07, 6.45) is 1.04. The highest BCUT2D eigenvalue weighted by Crippen LogP contribution is 2.23. The monoisotopic (exact) mass is 262 g/mol. The Morgan fingerprint density at radius 3 is 2.74 bits per heavy atom. The molecule has 1 saturated heterocycles. The summed E-state index contributed by atoms with van der Waals surface area (Å²) in [5.74, 6) is 0.438. The molecular formula is C15H22N2O2. The van der Waals surface area contributed by atoms with Gasteiger partial charge in [0, 0.05) is 11.7 Å². The smallest absolute Gasteiger partial charge is 0.238 e. The largest absolute Gasteiger partial charge is 0.395 e. The van der Waals surface area contributed by atoms with Crippen LogP contribution < -0.4 is 5.32 Å². The van der Waals surface area contributed by atoms with Gasteiger partial charge in [-0.05, 0) is 37.9 Å². The number of aliphatic hydroxyl groups excluding tert-OH is 1. The summed E-state index contributed by atoms with van der Waals surface area (Å²) in [5, 5.41) is 12.3. The van der Waals surface area contributed by atoms with Gasteiger partial charge in [-0.25, -0.2) is 0 Å². The van der Waals surface area contributed by atoms with Crippen molar-refractivity contribution in [1.29, 1.82) is 0 Å². The number of benzene rings is 1. The van der Waals surface area contributed by atoms with Crippen molar-refractivity contribution in [1.82, 2.24) is 4.90 Å². The number of hydrogen-bond donors (Lipinski definition) is 2. The highest BCUT2D eigenvalue weighted by molar-refractivity contribution is 5.92. The number of aryl methyl sites for hydroxylation is 1. The second-order valence-corrected chi connectivity index (χ2v) is 5.40. The fraction of sp³-hybridized carbons (Fsp3) is 0.533. The topological polar surface area (TPSA) is 52.6 Å². The lowest BCUT2D eigenvalue weighted by molar-refractivity contribution is -0.117. The molecule has 0 saturated carbocycles. The second kappa shape index (κ2) is 6.17. The van der Waals surface area contributed by atoms with Gasteiger partial charge in [0.2, 0.25) is 5.91 Å². The molecule has 2 atom stereocenters. The number of nitrogens with zero attached hydrogens (tertiary/aromatic N) is 1. The Bertz CT molecular complexity index is 430. The summed E-state index contributed by atoms with van der Waals surface area (Å²) in [4.78, 5) is 14.1. The van der Waals surface area contributed by atoms with Gasteiger partial charge in [-0.2, -0.15) is 0 Å². The number of aliphatic hydroxyl groups is 1. The van der Waals surface area contributed by atoms with Crippen LogP contribution in [0.15, 0.2) is 24.3 Å². The van der Waals surface area contributed by atoms with Gasteiger partial charge in [-0.15, -0.1) is 0 Å². The van der Waals surface area contributed by atoms with E-state index in [0.29, 0.717) is 12.5 Å². The van der Waals surface area contributed by atoms with E-state index in [2.05, 4.69) is 17.1 Å². The Balaban J connectivity index is 1.89.